The lowest BCUT2D eigenvalue weighted by atomic mass is 10.2. The Morgan fingerprint density at radius 3 is 2.38 bits per heavy atom. The van der Waals surface area contributed by atoms with E-state index in [-0.39, 0.29) is 5.97 Å². The summed E-state index contributed by atoms with van der Waals surface area (Å²) >= 11 is 0. The molecule has 0 amide bonds. The van der Waals surface area contributed by atoms with Crippen molar-refractivity contribution in [3.8, 4) is 0 Å². The van der Waals surface area contributed by atoms with Gasteiger partial charge >= 0.3 is 5.97 Å². The fraction of sp³-hybridized carbons (Fsp3) is 0.400. The van der Waals surface area contributed by atoms with Crippen molar-refractivity contribution >= 4 is 22.7 Å². The molecule has 1 N–H and O–H groups in total. The van der Waals surface area contributed by atoms with Gasteiger partial charge in [-0.05, 0) is 24.1 Å². The molecule has 2 heterocycles. The number of rotatable bonds is 9. The Hall–Kier alpha value is -3.03. The fourth-order valence-electron chi connectivity index (χ4n) is 4.02. The number of fused-ring (bicyclic) bond motifs is 1. The lowest BCUT2D eigenvalue weighted by Gasteiger charge is -2.34. The van der Waals surface area contributed by atoms with Crippen LogP contribution in [0.5, 0.6) is 0 Å². The Balaban J connectivity index is 1.36. The third kappa shape index (κ3) is 6.02. The summed E-state index contributed by atoms with van der Waals surface area (Å²) in [6.45, 7) is 6.49. The van der Waals surface area contributed by atoms with Gasteiger partial charge in [-0.25, -0.2) is 9.97 Å². The highest BCUT2D eigenvalue weighted by molar-refractivity contribution is 5.89. The van der Waals surface area contributed by atoms with Crippen LogP contribution in [0, 0.1) is 0 Å². The van der Waals surface area contributed by atoms with E-state index in [2.05, 4.69) is 45.4 Å². The third-order valence-electron chi connectivity index (χ3n) is 5.81. The van der Waals surface area contributed by atoms with E-state index in [9.17, 15) is 4.79 Å². The molecule has 2 aromatic carbocycles. The molecule has 0 unspecified atom stereocenters. The first-order valence-corrected chi connectivity index (χ1v) is 11.3. The molecule has 7 heteroatoms. The SMILES string of the molecule is COC(=O)CCCNc1nc(CN2CCN(Cc3ccccc3)CC2)nc2ccccc12. The summed E-state index contributed by atoms with van der Waals surface area (Å²) in [5, 5.41) is 4.40. The number of nitrogens with zero attached hydrogens (tertiary/aromatic N) is 4. The molecule has 168 valence electrons. The summed E-state index contributed by atoms with van der Waals surface area (Å²) in [4.78, 5) is 25.9. The lowest BCUT2D eigenvalue weighted by Crippen LogP contribution is -2.45. The van der Waals surface area contributed by atoms with Crippen LogP contribution in [-0.2, 0) is 22.6 Å². The fourth-order valence-corrected chi connectivity index (χ4v) is 4.02. The Morgan fingerprint density at radius 1 is 0.938 bits per heavy atom. The van der Waals surface area contributed by atoms with E-state index < -0.39 is 0 Å². The van der Waals surface area contributed by atoms with E-state index in [1.807, 2.05) is 24.3 Å². The molecule has 1 aliphatic heterocycles. The topological polar surface area (TPSA) is 70.6 Å². The van der Waals surface area contributed by atoms with Gasteiger partial charge in [-0.1, -0.05) is 42.5 Å². The number of benzene rings is 2. The van der Waals surface area contributed by atoms with Crippen molar-refractivity contribution in [3.63, 3.8) is 0 Å². The molecule has 0 radical (unpaired) electrons. The predicted octanol–water partition coefficient (Wildman–Crippen LogP) is 3.31. The highest BCUT2D eigenvalue weighted by Crippen LogP contribution is 2.21. The maximum Gasteiger partial charge on any atom is 0.305 e. The van der Waals surface area contributed by atoms with Crippen LogP contribution in [0.1, 0.15) is 24.2 Å². The van der Waals surface area contributed by atoms with Gasteiger partial charge in [0.15, 0.2) is 0 Å². The molecule has 1 fully saturated rings. The first-order valence-electron chi connectivity index (χ1n) is 11.3. The van der Waals surface area contributed by atoms with Crippen molar-refractivity contribution in [3.05, 3.63) is 66.0 Å². The Kier molecular flexibility index (Phi) is 7.64. The van der Waals surface area contributed by atoms with E-state index in [1.165, 1.54) is 12.7 Å². The second-order valence-corrected chi connectivity index (χ2v) is 8.15. The molecule has 1 aromatic heterocycles. The average molecular weight is 434 g/mol. The maximum absolute atomic E-state index is 11.4. The van der Waals surface area contributed by atoms with Crippen molar-refractivity contribution in [1.82, 2.24) is 19.8 Å². The first kappa shape index (κ1) is 22.2. The number of esters is 1. The zero-order valence-corrected chi connectivity index (χ0v) is 18.7. The van der Waals surface area contributed by atoms with Gasteiger partial charge in [0.25, 0.3) is 0 Å². The molecule has 0 atom stereocenters. The van der Waals surface area contributed by atoms with Gasteiger partial charge in [0, 0.05) is 51.1 Å². The molecule has 1 aliphatic rings. The number of piperazine rings is 1. The van der Waals surface area contributed by atoms with Gasteiger partial charge in [-0.15, -0.1) is 0 Å². The largest absolute Gasteiger partial charge is 0.469 e. The number of hydrogen-bond donors (Lipinski definition) is 1. The molecule has 32 heavy (non-hydrogen) atoms. The normalized spacial score (nSPS) is 15.0. The molecular weight excluding hydrogens is 402 g/mol. The standard InChI is InChI=1S/C25H31N5O2/c1-32-24(31)12-7-13-26-25-21-10-5-6-11-22(21)27-23(28-25)19-30-16-14-29(15-17-30)18-20-8-3-2-4-9-20/h2-6,8-11H,7,12-19H2,1H3,(H,26,27,28). The van der Waals surface area contributed by atoms with Crippen molar-refractivity contribution in [2.75, 3.05) is 45.2 Å². The van der Waals surface area contributed by atoms with E-state index in [4.69, 9.17) is 14.7 Å². The van der Waals surface area contributed by atoms with Gasteiger partial charge in [-0.3, -0.25) is 14.6 Å². The highest BCUT2D eigenvalue weighted by atomic mass is 16.5. The van der Waals surface area contributed by atoms with Crippen molar-refractivity contribution < 1.29 is 9.53 Å². The lowest BCUT2D eigenvalue weighted by molar-refractivity contribution is -0.140. The summed E-state index contributed by atoms with van der Waals surface area (Å²) in [6.07, 6.45) is 1.09. The van der Waals surface area contributed by atoms with E-state index in [0.717, 1.165) is 61.8 Å². The van der Waals surface area contributed by atoms with Crippen molar-refractivity contribution in [1.29, 1.82) is 0 Å². The molecular formula is C25H31N5O2. The summed E-state index contributed by atoms with van der Waals surface area (Å²) in [7, 11) is 1.42. The van der Waals surface area contributed by atoms with Crippen LogP contribution in [0.15, 0.2) is 54.6 Å². The molecule has 0 bridgehead atoms. The summed E-state index contributed by atoms with van der Waals surface area (Å²) in [6, 6.07) is 18.7. The van der Waals surface area contributed by atoms with Gasteiger partial charge < -0.3 is 10.1 Å². The van der Waals surface area contributed by atoms with Crippen molar-refractivity contribution in [2.24, 2.45) is 0 Å². The van der Waals surface area contributed by atoms with E-state index in [1.54, 1.807) is 0 Å². The predicted molar refractivity (Wildman–Crippen MR) is 126 cm³/mol. The first-order chi connectivity index (χ1) is 15.7. The molecule has 7 nitrogen and oxygen atoms in total. The zero-order chi connectivity index (χ0) is 22.2. The molecule has 3 aromatic rings. The smallest absolute Gasteiger partial charge is 0.305 e. The summed E-state index contributed by atoms with van der Waals surface area (Å²) in [5.74, 6) is 1.47. The molecule has 0 spiro atoms. The minimum absolute atomic E-state index is 0.188. The van der Waals surface area contributed by atoms with Crippen LogP contribution < -0.4 is 5.32 Å². The van der Waals surface area contributed by atoms with Gasteiger partial charge in [0.1, 0.15) is 11.6 Å². The number of carbonyl (C=O) groups excluding carboxylic acids is 1. The number of methoxy groups -OCH3 is 1. The van der Waals surface area contributed by atoms with Crippen LogP contribution in [0.3, 0.4) is 0 Å². The summed E-state index contributed by atoms with van der Waals surface area (Å²) in [5.41, 5.74) is 2.30. The van der Waals surface area contributed by atoms with Gasteiger partial charge in [0.05, 0.1) is 19.2 Å². The van der Waals surface area contributed by atoms with E-state index >= 15 is 0 Å². The number of carbonyl (C=O) groups is 1. The highest BCUT2D eigenvalue weighted by Gasteiger charge is 2.19. The van der Waals surface area contributed by atoms with Crippen molar-refractivity contribution in [2.45, 2.75) is 25.9 Å². The number of hydrogen-bond acceptors (Lipinski definition) is 7. The third-order valence-corrected chi connectivity index (χ3v) is 5.81. The molecule has 1 saturated heterocycles. The Labute approximate surface area is 189 Å². The number of aromatic nitrogens is 2. The quantitative estimate of drug-likeness (QED) is 0.410. The Morgan fingerprint density at radius 2 is 1.62 bits per heavy atom. The van der Waals surface area contributed by atoms with Crippen LogP contribution in [-0.4, -0.2) is 65.6 Å². The average Bonchev–Trinajstić information content (AvgIpc) is 2.83. The Bertz CT molecular complexity index is 1020. The number of para-hydroxylation sites is 1. The second kappa shape index (κ2) is 11.0. The number of ether oxygens (including phenoxy) is 1. The van der Waals surface area contributed by atoms with Crippen LogP contribution in [0.2, 0.25) is 0 Å². The summed E-state index contributed by atoms with van der Waals surface area (Å²) < 4.78 is 4.72. The van der Waals surface area contributed by atoms with Gasteiger partial charge in [0.2, 0.25) is 0 Å². The van der Waals surface area contributed by atoms with Crippen LogP contribution in [0.25, 0.3) is 10.9 Å². The monoisotopic (exact) mass is 433 g/mol. The maximum atomic E-state index is 11.4. The van der Waals surface area contributed by atoms with Crippen LogP contribution >= 0.6 is 0 Å². The molecule has 0 aliphatic carbocycles. The number of anilines is 1. The number of nitrogens with one attached hydrogen (secondary N) is 1. The van der Waals surface area contributed by atoms with Gasteiger partial charge in [-0.2, -0.15) is 0 Å². The van der Waals surface area contributed by atoms with E-state index in [0.29, 0.717) is 19.4 Å². The minimum atomic E-state index is -0.188. The van der Waals surface area contributed by atoms with Crippen LogP contribution in [0.4, 0.5) is 5.82 Å². The zero-order valence-electron chi connectivity index (χ0n) is 18.7. The minimum Gasteiger partial charge on any atom is -0.469 e. The molecule has 0 saturated carbocycles. The molecule has 4 rings (SSSR count). The second-order valence-electron chi connectivity index (χ2n) is 8.15.